The molecule has 120 valence electrons. The minimum absolute atomic E-state index is 0.0660. The van der Waals surface area contributed by atoms with Gasteiger partial charge in [0.05, 0.1) is 12.0 Å². The summed E-state index contributed by atoms with van der Waals surface area (Å²) in [4.78, 5) is 26.5. The molecule has 0 spiro atoms. The van der Waals surface area contributed by atoms with Gasteiger partial charge in [-0.15, -0.1) is 0 Å². The molecule has 0 unspecified atom stereocenters. The van der Waals surface area contributed by atoms with Gasteiger partial charge >= 0.3 is 0 Å². The first-order chi connectivity index (χ1) is 10.4. The van der Waals surface area contributed by atoms with Gasteiger partial charge in [-0.1, -0.05) is 28.1 Å². The van der Waals surface area contributed by atoms with Crippen LogP contribution < -0.4 is 5.32 Å². The summed E-state index contributed by atoms with van der Waals surface area (Å²) in [5.41, 5.74) is 0.623. The van der Waals surface area contributed by atoms with E-state index in [2.05, 4.69) is 21.2 Å². The van der Waals surface area contributed by atoms with E-state index >= 15 is 0 Å². The van der Waals surface area contributed by atoms with Crippen LogP contribution in [-0.4, -0.2) is 35.8 Å². The van der Waals surface area contributed by atoms with Gasteiger partial charge in [0, 0.05) is 17.1 Å². The molecule has 22 heavy (non-hydrogen) atoms. The highest BCUT2D eigenvalue weighted by Gasteiger charge is 2.52. The van der Waals surface area contributed by atoms with Gasteiger partial charge in [-0.2, -0.15) is 0 Å². The summed E-state index contributed by atoms with van der Waals surface area (Å²) in [5.74, 6) is -0.0342. The minimum Gasteiger partial charge on any atom is -0.352 e. The first-order valence-corrected chi connectivity index (χ1v) is 8.53. The van der Waals surface area contributed by atoms with E-state index in [1.807, 2.05) is 45.0 Å². The van der Waals surface area contributed by atoms with Crippen LogP contribution in [-0.2, 0) is 15.0 Å². The summed E-state index contributed by atoms with van der Waals surface area (Å²) in [6.07, 6.45) is 1.71. The van der Waals surface area contributed by atoms with Crippen molar-refractivity contribution in [2.24, 2.45) is 0 Å². The molecule has 1 aliphatic rings. The lowest BCUT2D eigenvalue weighted by Gasteiger charge is -2.26. The number of nitrogens with zero attached hydrogens (tertiary/aromatic N) is 1. The molecule has 4 nitrogen and oxygen atoms in total. The van der Waals surface area contributed by atoms with Crippen molar-refractivity contribution in [2.45, 2.75) is 45.1 Å². The molecule has 2 rings (SSSR count). The first kappa shape index (κ1) is 17.0. The van der Waals surface area contributed by atoms with Gasteiger partial charge in [0.15, 0.2) is 0 Å². The van der Waals surface area contributed by atoms with E-state index in [1.165, 1.54) is 0 Å². The van der Waals surface area contributed by atoms with E-state index in [1.54, 1.807) is 4.90 Å². The molecule has 1 aromatic carbocycles. The maximum Gasteiger partial charge on any atom is 0.239 e. The van der Waals surface area contributed by atoms with E-state index in [9.17, 15) is 9.59 Å². The molecular weight excluding hydrogens is 344 g/mol. The Morgan fingerprint density at radius 1 is 1.27 bits per heavy atom. The van der Waals surface area contributed by atoms with Crippen molar-refractivity contribution in [3.8, 4) is 0 Å². The van der Waals surface area contributed by atoms with Crippen LogP contribution >= 0.6 is 15.9 Å². The van der Waals surface area contributed by atoms with Crippen molar-refractivity contribution in [3.05, 3.63) is 34.3 Å². The Morgan fingerprint density at radius 3 is 2.32 bits per heavy atom. The van der Waals surface area contributed by atoms with Crippen LogP contribution in [0.5, 0.6) is 0 Å². The van der Waals surface area contributed by atoms with Gasteiger partial charge in [0.1, 0.15) is 0 Å². The average Bonchev–Trinajstić information content (AvgIpc) is 3.25. The lowest BCUT2D eigenvalue weighted by molar-refractivity contribution is -0.138. The van der Waals surface area contributed by atoms with Crippen molar-refractivity contribution in [2.75, 3.05) is 13.1 Å². The molecule has 1 aliphatic carbocycles. The van der Waals surface area contributed by atoms with Crippen molar-refractivity contribution in [1.29, 1.82) is 0 Å². The third-order valence-electron chi connectivity index (χ3n) is 4.01. The monoisotopic (exact) mass is 366 g/mol. The summed E-state index contributed by atoms with van der Waals surface area (Å²) in [6, 6.07) is 8.01. The summed E-state index contributed by atoms with van der Waals surface area (Å²) in [6.45, 7) is 6.42. The highest BCUT2D eigenvalue weighted by molar-refractivity contribution is 9.10. The number of amides is 2. The van der Waals surface area contributed by atoms with Gasteiger partial charge in [0.25, 0.3) is 0 Å². The molecule has 0 bridgehead atoms. The lowest BCUT2D eigenvalue weighted by atomic mass is 9.94. The standard InChI is InChI=1S/C17H23BrN2O2/c1-4-20(11-15(21)19-12(2)3)16(22)17(9-10-17)13-5-7-14(18)8-6-13/h5-8,12H,4,9-11H2,1-3H3,(H,19,21). The Bertz CT molecular complexity index is 550. The zero-order chi connectivity index (χ0) is 16.3. The van der Waals surface area contributed by atoms with Crippen molar-refractivity contribution >= 4 is 27.7 Å². The summed E-state index contributed by atoms with van der Waals surface area (Å²) < 4.78 is 1.00. The second-order valence-electron chi connectivity index (χ2n) is 6.13. The number of likely N-dealkylation sites (N-methyl/N-ethyl adjacent to an activating group) is 1. The molecule has 0 heterocycles. The van der Waals surface area contributed by atoms with Crippen LogP contribution in [0.1, 0.15) is 39.2 Å². The normalized spacial score (nSPS) is 15.5. The molecule has 0 aromatic heterocycles. The molecule has 5 heteroatoms. The average molecular weight is 367 g/mol. The predicted octanol–water partition coefficient (Wildman–Crippen LogP) is 2.85. The van der Waals surface area contributed by atoms with Crippen LogP contribution in [0.25, 0.3) is 0 Å². The van der Waals surface area contributed by atoms with Crippen molar-refractivity contribution in [3.63, 3.8) is 0 Å². The van der Waals surface area contributed by atoms with Crippen LogP contribution in [0.2, 0.25) is 0 Å². The Kier molecular flexibility index (Phi) is 5.27. The summed E-state index contributed by atoms with van der Waals surface area (Å²) in [7, 11) is 0. The fourth-order valence-corrected chi connectivity index (χ4v) is 2.96. The van der Waals surface area contributed by atoms with Gasteiger partial charge in [-0.25, -0.2) is 0 Å². The van der Waals surface area contributed by atoms with Gasteiger partial charge in [0.2, 0.25) is 11.8 Å². The number of hydrogen-bond acceptors (Lipinski definition) is 2. The fraction of sp³-hybridized carbons (Fsp3) is 0.529. The highest BCUT2D eigenvalue weighted by Crippen LogP contribution is 2.49. The topological polar surface area (TPSA) is 49.4 Å². The molecule has 0 radical (unpaired) electrons. The molecule has 2 amide bonds. The number of carbonyl (C=O) groups excluding carboxylic acids is 2. The number of carbonyl (C=O) groups is 2. The van der Waals surface area contributed by atoms with Crippen LogP contribution in [0, 0.1) is 0 Å². The maximum absolute atomic E-state index is 12.9. The maximum atomic E-state index is 12.9. The third-order valence-corrected chi connectivity index (χ3v) is 4.54. The van der Waals surface area contributed by atoms with Crippen molar-refractivity contribution < 1.29 is 9.59 Å². The van der Waals surface area contributed by atoms with Crippen molar-refractivity contribution in [1.82, 2.24) is 10.2 Å². The Labute approximate surface area is 140 Å². The molecule has 1 N–H and O–H groups in total. The van der Waals surface area contributed by atoms with E-state index in [-0.39, 0.29) is 24.4 Å². The molecule has 1 saturated carbocycles. The van der Waals surface area contributed by atoms with Crippen LogP contribution in [0.3, 0.4) is 0 Å². The van der Waals surface area contributed by atoms with E-state index in [4.69, 9.17) is 0 Å². The zero-order valence-electron chi connectivity index (χ0n) is 13.4. The molecule has 1 fully saturated rings. The number of rotatable bonds is 6. The second kappa shape index (κ2) is 6.82. The molecule has 1 aromatic rings. The second-order valence-corrected chi connectivity index (χ2v) is 7.05. The highest BCUT2D eigenvalue weighted by atomic mass is 79.9. The Morgan fingerprint density at radius 2 is 1.86 bits per heavy atom. The summed E-state index contributed by atoms with van der Waals surface area (Å²) >= 11 is 3.42. The smallest absolute Gasteiger partial charge is 0.239 e. The van der Waals surface area contributed by atoms with Gasteiger partial charge < -0.3 is 10.2 Å². The van der Waals surface area contributed by atoms with Crippen LogP contribution in [0.15, 0.2) is 28.7 Å². The Hall–Kier alpha value is -1.36. The quantitative estimate of drug-likeness (QED) is 0.841. The third kappa shape index (κ3) is 3.69. The number of nitrogens with one attached hydrogen (secondary N) is 1. The van der Waals surface area contributed by atoms with E-state index in [0.717, 1.165) is 22.9 Å². The minimum atomic E-state index is -0.422. The Balaban J connectivity index is 2.11. The van der Waals surface area contributed by atoms with Crippen LogP contribution in [0.4, 0.5) is 0 Å². The van der Waals surface area contributed by atoms with E-state index in [0.29, 0.717) is 6.54 Å². The number of hydrogen-bond donors (Lipinski definition) is 1. The molecule has 0 aliphatic heterocycles. The molecule has 0 atom stereocenters. The van der Waals surface area contributed by atoms with E-state index < -0.39 is 5.41 Å². The lowest BCUT2D eigenvalue weighted by Crippen LogP contribution is -2.46. The summed E-state index contributed by atoms with van der Waals surface area (Å²) in [5, 5.41) is 2.84. The first-order valence-electron chi connectivity index (χ1n) is 7.74. The SMILES string of the molecule is CCN(CC(=O)NC(C)C)C(=O)C1(c2ccc(Br)cc2)CC1. The number of benzene rings is 1. The van der Waals surface area contributed by atoms with Gasteiger partial charge in [-0.3, -0.25) is 9.59 Å². The zero-order valence-corrected chi connectivity index (χ0v) is 14.9. The fourth-order valence-electron chi connectivity index (χ4n) is 2.69. The number of halogens is 1. The largest absolute Gasteiger partial charge is 0.352 e. The predicted molar refractivity (Wildman–Crippen MR) is 90.6 cm³/mol. The molecule has 0 saturated heterocycles. The molecular formula is C17H23BrN2O2. The van der Waals surface area contributed by atoms with Gasteiger partial charge in [-0.05, 0) is 51.3 Å².